The molecule has 0 aromatic carbocycles. The second kappa shape index (κ2) is 5.15. The largest absolute Gasteiger partial charge is 0.481 e. The summed E-state index contributed by atoms with van der Waals surface area (Å²) >= 11 is 0. The molecule has 0 amide bonds. The molecule has 0 aromatic rings. The van der Waals surface area contributed by atoms with Crippen LogP contribution in [0.4, 0.5) is 0 Å². The Labute approximate surface area is 97.2 Å². The van der Waals surface area contributed by atoms with Gasteiger partial charge < -0.3 is 14.9 Å². The highest BCUT2D eigenvalue weighted by Gasteiger charge is 2.34. The van der Waals surface area contributed by atoms with Gasteiger partial charge in [0.25, 0.3) is 0 Å². The Morgan fingerprint density at radius 2 is 1.81 bits per heavy atom. The highest BCUT2D eigenvalue weighted by Crippen LogP contribution is 2.22. The Hall–Kier alpha value is -0.610. The zero-order chi connectivity index (χ0) is 11.5. The number of hydrogen-bond acceptors (Lipinski definition) is 3. The molecule has 2 aliphatic heterocycles. The quantitative estimate of drug-likeness (QED) is 0.767. The Morgan fingerprint density at radius 3 is 2.38 bits per heavy atom. The summed E-state index contributed by atoms with van der Waals surface area (Å²) in [5.74, 6) is -0.481. The number of likely N-dealkylation sites (tertiary alicyclic amines) is 2. The Bertz CT molecular complexity index is 251. The molecule has 0 bridgehead atoms. The molecule has 2 unspecified atom stereocenters. The molecule has 92 valence electrons. The van der Waals surface area contributed by atoms with E-state index in [0.29, 0.717) is 5.92 Å². The van der Waals surface area contributed by atoms with E-state index < -0.39 is 5.97 Å². The van der Waals surface area contributed by atoms with Crippen LogP contribution in [-0.2, 0) is 4.79 Å². The summed E-state index contributed by atoms with van der Waals surface area (Å²) in [4.78, 5) is 15.8. The summed E-state index contributed by atoms with van der Waals surface area (Å²) in [7, 11) is 0. The van der Waals surface area contributed by atoms with Crippen LogP contribution in [-0.4, -0.2) is 60.1 Å². The van der Waals surface area contributed by atoms with E-state index in [-0.39, 0.29) is 5.92 Å². The lowest BCUT2D eigenvalue weighted by Gasteiger charge is -2.20. The van der Waals surface area contributed by atoms with Crippen molar-refractivity contribution in [1.82, 2.24) is 9.80 Å². The normalized spacial score (nSPS) is 32.3. The van der Waals surface area contributed by atoms with Crippen molar-refractivity contribution in [3.8, 4) is 0 Å². The standard InChI is InChI=1S/C12H22N2O2/c1-10-8-14(9-11(10)12(15)16)7-6-13-4-2-3-5-13/h10-11H,2-9H2,1H3,(H,15,16). The Balaban J connectivity index is 1.73. The topological polar surface area (TPSA) is 43.8 Å². The van der Waals surface area contributed by atoms with Crippen LogP contribution in [0.3, 0.4) is 0 Å². The lowest BCUT2D eigenvalue weighted by Crippen LogP contribution is -2.33. The number of rotatable bonds is 4. The van der Waals surface area contributed by atoms with Crippen molar-refractivity contribution < 1.29 is 9.90 Å². The third-order valence-electron chi connectivity index (χ3n) is 3.94. The molecule has 0 radical (unpaired) electrons. The fourth-order valence-electron chi connectivity index (χ4n) is 2.86. The van der Waals surface area contributed by atoms with Crippen molar-refractivity contribution in [2.24, 2.45) is 11.8 Å². The molecular formula is C12H22N2O2. The van der Waals surface area contributed by atoms with Gasteiger partial charge in [-0.3, -0.25) is 4.79 Å². The van der Waals surface area contributed by atoms with Crippen LogP contribution in [0.2, 0.25) is 0 Å². The van der Waals surface area contributed by atoms with Gasteiger partial charge in [0.1, 0.15) is 0 Å². The molecule has 2 saturated heterocycles. The van der Waals surface area contributed by atoms with Gasteiger partial charge in [0.15, 0.2) is 0 Å². The SMILES string of the molecule is CC1CN(CCN2CCCC2)CC1C(=O)O. The maximum atomic E-state index is 11.0. The number of hydrogen-bond donors (Lipinski definition) is 1. The first-order valence-corrected chi connectivity index (χ1v) is 6.34. The highest BCUT2D eigenvalue weighted by atomic mass is 16.4. The van der Waals surface area contributed by atoms with Crippen molar-refractivity contribution in [3.63, 3.8) is 0 Å². The average Bonchev–Trinajstić information content (AvgIpc) is 2.83. The number of aliphatic carboxylic acids is 1. The molecule has 16 heavy (non-hydrogen) atoms. The van der Waals surface area contributed by atoms with E-state index in [1.165, 1.54) is 25.9 Å². The van der Waals surface area contributed by atoms with Crippen molar-refractivity contribution >= 4 is 5.97 Å². The lowest BCUT2D eigenvalue weighted by atomic mass is 9.99. The minimum Gasteiger partial charge on any atom is -0.481 e. The molecule has 1 N–H and O–H groups in total. The number of nitrogens with zero attached hydrogens (tertiary/aromatic N) is 2. The summed E-state index contributed by atoms with van der Waals surface area (Å²) in [5, 5.41) is 9.04. The van der Waals surface area contributed by atoms with Crippen LogP contribution in [0.5, 0.6) is 0 Å². The molecule has 2 aliphatic rings. The van der Waals surface area contributed by atoms with Gasteiger partial charge in [0.2, 0.25) is 0 Å². The maximum absolute atomic E-state index is 11.0. The predicted octanol–water partition coefficient (Wildman–Crippen LogP) is 0.735. The summed E-state index contributed by atoms with van der Waals surface area (Å²) in [6.07, 6.45) is 2.66. The van der Waals surface area contributed by atoms with E-state index in [4.69, 9.17) is 5.11 Å². The van der Waals surface area contributed by atoms with E-state index in [0.717, 1.165) is 26.2 Å². The van der Waals surface area contributed by atoms with E-state index in [1.807, 2.05) is 0 Å². The van der Waals surface area contributed by atoms with E-state index >= 15 is 0 Å². The minimum absolute atomic E-state index is 0.154. The monoisotopic (exact) mass is 226 g/mol. The maximum Gasteiger partial charge on any atom is 0.308 e. The Kier molecular flexibility index (Phi) is 3.82. The predicted molar refractivity (Wildman–Crippen MR) is 62.4 cm³/mol. The molecule has 0 saturated carbocycles. The van der Waals surface area contributed by atoms with Gasteiger partial charge in [-0.05, 0) is 31.8 Å². The van der Waals surface area contributed by atoms with E-state index in [2.05, 4.69) is 16.7 Å². The summed E-state index contributed by atoms with van der Waals surface area (Å²) < 4.78 is 0. The molecule has 2 heterocycles. The molecule has 2 rings (SSSR count). The average molecular weight is 226 g/mol. The highest BCUT2D eigenvalue weighted by molar-refractivity contribution is 5.71. The molecule has 0 aromatic heterocycles. The fourth-order valence-corrected chi connectivity index (χ4v) is 2.86. The van der Waals surface area contributed by atoms with Gasteiger partial charge in [-0.1, -0.05) is 6.92 Å². The van der Waals surface area contributed by atoms with Gasteiger partial charge in [-0.2, -0.15) is 0 Å². The summed E-state index contributed by atoms with van der Waals surface area (Å²) in [5.41, 5.74) is 0. The van der Waals surface area contributed by atoms with Crippen LogP contribution in [0, 0.1) is 11.8 Å². The van der Waals surface area contributed by atoms with Gasteiger partial charge in [0, 0.05) is 26.2 Å². The molecule has 0 spiro atoms. The van der Waals surface area contributed by atoms with Gasteiger partial charge in [-0.15, -0.1) is 0 Å². The van der Waals surface area contributed by atoms with Gasteiger partial charge in [0.05, 0.1) is 5.92 Å². The van der Waals surface area contributed by atoms with E-state index in [1.54, 1.807) is 0 Å². The zero-order valence-corrected chi connectivity index (χ0v) is 10.1. The van der Waals surface area contributed by atoms with Crippen molar-refractivity contribution in [3.05, 3.63) is 0 Å². The second-order valence-electron chi connectivity index (χ2n) is 5.23. The van der Waals surface area contributed by atoms with E-state index in [9.17, 15) is 4.79 Å². The Morgan fingerprint density at radius 1 is 1.19 bits per heavy atom. The molecule has 2 fully saturated rings. The third kappa shape index (κ3) is 2.74. The minimum atomic E-state index is -0.629. The molecule has 4 nitrogen and oxygen atoms in total. The molecule has 2 atom stereocenters. The molecular weight excluding hydrogens is 204 g/mol. The number of carboxylic acids is 1. The van der Waals surface area contributed by atoms with Crippen LogP contribution < -0.4 is 0 Å². The van der Waals surface area contributed by atoms with Crippen LogP contribution in [0.1, 0.15) is 19.8 Å². The number of carbonyl (C=O) groups is 1. The molecule has 4 heteroatoms. The van der Waals surface area contributed by atoms with Gasteiger partial charge >= 0.3 is 5.97 Å². The smallest absolute Gasteiger partial charge is 0.308 e. The van der Waals surface area contributed by atoms with Crippen LogP contribution in [0.25, 0.3) is 0 Å². The zero-order valence-electron chi connectivity index (χ0n) is 10.1. The van der Waals surface area contributed by atoms with Crippen LogP contribution in [0.15, 0.2) is 0 Å². The summed E-state index contributed by atoms with van der Waals surface area (Å²) in [6.45, 7) is 8.34. The first-order valence-electron chi connectivity index (χ1n) is 6.34. The van der Waals surface area contributed by atoms with Crippen molar-refractivity contribution in [2.75, 3.05) is 39.3 Å². The first-order chi connectivity index (χ1) is 7.66. The third-order valence-corrected chi connectivity index (χ3v) is 3.94. The summed E-state index contributed by atoms with van der Waals surface area (Å²) in [6, 6.07) is 0. The number of carboxylic acid groups (broad SMARTS) is 1. The first kappa shape index (κ1) is 11.9. The second-order valence-corrected chi connectivity index (χ2v) is 5.23. The lowest BCUT2D eigenvalue weighted by molar-refractivity contribution is -0.142. The fraction of sp³-hybridized carbons (Fsp3) is 0.917. The van der Waals surface area contributed by atoms with Crippen molar-refractivity contribution in [1.29, 1.82) is 0 Å². The van der Waals surface area contributed by atoms with Crippen molar-refractivity contribution in [2.45, 2.75) is 19.8 Å². The van der Waals surface area contributed by atoms with Crippen LogP contribution >= 0.6 is 0 Å². The molecule has 0 aliphatic carbocycles. The van der Waals surface area contributed by atoms with Gasteiger partial charge in [-0.25, -0.2) is 0 Å².